The summed E-state index contributed by atoms with van der Waals surface area (Å²) in [5, 5.41) is 2.43. The summed E-state index contributed by atoms with van der Waals surface area (Å²) < 4.78 is 43.9. The average molecular weight is 699 g/mol. The summed E-state index contributed by atoms with van der Waals surface area (Å²) in [6, 6.07) is 32.1. The molecule has 0 saturated carbocycles. The molecule has 11 aromatic rings. The lowest BCUT2D eigenvalue weighted by Gasteiger charge is -2.24. The largest absolute Gasteiger partial charge is 0.436 e. The van der Waals surface area contributed by atoms with Crippen molar-refractivity contribution in [2.45, 2.75) is 0 Å². The number of aromatic nitrogens is 7. The van der Waals surface area contributed by atoms with E-state index in [-0.39, 0.29) is 40.6 Å². The zero-order valence-electron chi connectivity index (χ0n) is 32.2. The van der Waals surface area contributed by atoms with Gasteiger partial charge in [0.2, 0.25) is 5.89 Å². The number of nitrogens with zero attached hydrogens (tertiary/aromatic N) is 8. The summed E-state index contributed by atoms with van der Waals surface area (Å²) in [4.78, 5) is 34.8. The lowest BCUT2D eigenvalue weighted by molar-refractivity contribution is 0.620. The highest BCUT2D eigenvalue weighted by Crippen LogP contribution is 2.39. The Balaban J connectivity index is 1.15. The van der Waals surface area contributed by atoms with Crippen molar-refractivity contribution in [3.63, 3.8) is 0 Å². The van der Waals surface area contributed by atoms with Gasteiger partial charge in [-0.15, -0.1) is 0 Å². The molecule has 4 heterocycles. The molecule has 0 amide bonds. The average Bonchev–Trinajstić information content (AvgIpc) is 3.70. The lowest BCUT2D eigenvalue weighted by atomic mass is 9.98. The van der Waals surface area contributed by atoms with Crippen molar-refractivity contribution in [3.05, 3.63) is 158 Å². The molecule has 9 nitrogen and oxygen atoms in total. The number of benzene rings is 7. The van der Waals surface area contributed by atoms with E-state index in [1.807, 2.05) is 84.9 Å². The van der Waals surface area contributed by atoms with Crippen LogP contribution in [-0.4, -0.2) is 34.9 Å². The first-order chi connectivity index (χ1) is 28.4. The van der Waals surface area contributed by atoms with Gasteiger partial charge < -0.3 is 4.42 Å². The highest BCUT2D eigenvalue weighted by molar-refractivity contribution is 6.18. The second-order valence-corrected chi connectivity index (χ2v) is 12.7. The molecule has 54 heavy (non-hydrogen) atoms. The Bertz CT molecular complexity index is 3450. The van der Waals surface area contributed by atoms with Crippen molar-refractivity contribution in [2.75, 3.05) is 4.90 Å². The number of rotatable bonds is 5. The summed E-state index contributed by atoms with van der Waals surface area (Å²) in [5.74, 6) is 0.749. The van der Waals surface area contributed by atoms with Crippen LogP contribution < -0.4 is 4.90 Å². The Morgan fingerprint density at radius 3 is 1.96 bits per heavy atom. The standard InChI is InChI=1S/C45H26N8O/c1-2-7-28(8-3-1)45-51-36-25-35(16-17-37(36)54-45)53(38-26-50-43-41-39(46-18-19-48-41)40-42(44(43)52-38)49-21-20-47-40)34-15-14-32-23-31(12-13-33(32)24-34)30-11-10-27-6-4-5-9-29(27)22-30/h1-26H/i13D,14D,23D,24D. The molecule has 0 aliphatic rings. The zero-order valence-corrected chi connectivity index (χ0v) is 28.2. The van der Waals surface area contributed by atoms with E-state index in [2.05, 4.69) is 19.9 Å². The molecule has 0 atom stereocenters. The number of oxazole rings is 1. The molecule has 0 aliphatic carbocycles. The van der Waals surface area contributed by atoms with Gasteiger partial charge in [0, 0.05) is 36.0 Å². The summed E-state index contributed by atoms with van der Waals surface area (Å²) in [5.41, 5.74) is 6.91. The van der Waals surface area contributed by atoms with Gasteiger partial charge >= 0.3 is 0 Å². The highest BCUT2D eigenvalue weighted by atomic mass is 16.3. The first-order valence-corrected chi connectivity index (χ1v) is 17.2. The maximum Gasteiger partial charge on any atom is 0.227 e. The fourth-order valence-electron chi connectivity index (χ4n) is 6.94. The van der Waals surface area contributed by atoms with Gasteiger partial charge in [0.05, 0.1) is 17.4 Å². The van der Waals surface area contributed by atoms with Crippen LogP contribution in [0, 0.1) is 0 Å². The smallest absolute Gasteiger partial charge is 0.227 e. The van der Waals surface area contributed by atoms with Crippen LogP contribution in [-0.2, 0) is 0 Å². The Labute approximate surface area is 312 Å². The van der Waals surface area contributed by atoms with Crippen LogP contribution in [0.25, 0.3) is 88.3 Å². The van der Waals surface area contributed by atoms with Gasteiger partial charge in [-0.1, -0.05) is 72.7 Å². The molecule has 0 fully saturated rings. The third-order valence-corrected chi connectivity index (χ3v) is 9.49. The molecule has 11 rings (SSSR count). The van der Waals surface area contributed by atoms with Crippen LogP contribution in [0.4, 0.5) is 17.2 Å². The quantitative estimate of drug-likeness (QED) is 0.162. The first kappa shape index (κ1) is 26.2. The topological polar surface area (TPSA) is 107 Å². The molecule has 9 heteroatoms. The number of anilines is 3. The Kier molecular flexibility index (Phi) is 5.80. The van der Waals surface area contributed by atoms with Crippen LogP contribution >= 0.6 is 0 Å². The molecule has 0 N–H and O–H groups in total. The van der Waals surface area contributed by atoms with Crippen LogP contribution in [0.2, 0.25) is 0 Å². The lowest BCUT2D eigenvalue weighted by Crippen LogP contribution is -2.12. The van der Waals surface area contributed by atoms with Gasteiger partial charge in [0.15, 0.2) is 11.4 Å². The van der Waals surface area contributed by atoms with Gasteiger partial charge in [0.25, 0.3) is 0 Å². The molecule has 252 valence electrons. The van der Waals surface area contributed by atoms with Crippen LogP contribution in [0.15, 0.2) is 163 Å². The molecule has 0 saturated heterocycles. The Morgan fingerprint density at radius 1 is 0.481 bits per heavy atom. The fourth-order valence-corrected chi connectivity index (χ4v) is 6.94. The molecular formula is C45H26N8O. The summed E-state index contributed by atoms with van der Waals surface area (Å²) in [6.07, 6.45) is 7.93. The summed E-state index contributed by atoms with van der Waals surface area (Å²) in [7, 11) is 0. The molecule has 0 radical (unpaired) electrons. The minimum absolute atomic E-state index is 0.0184. The van der Waals surface area contributed by atoms with E-state index >= 15 is 0 Å². The van der Waals surface area contributed by atoms with Crippen molar-refractivity contribution < 1.29 is 9.90 Å². The maximum absolute atomic E-state index is 9.72. The molecule has 0 unspecified atom stereocenters. The third kappa shape index (κ3) is 4.91. The Hall–Kier alpha value is -7.65. The number of hydrogen-bond donors (Lipinski definition) is 0. The van der Waals surface area contributed by atoms with Crippen molar-refractivity contribution in [3.8, 4) is 22.6 Å². The molecule has 0 spiro atoms. The summed E-state index contributed by atoms with van der Waals surface area (Å²) in [6.45, 7) is 0. The van der Waals surface area contributed by atoms with Crippen molar-refractivity contribution in [1.29, 1.82) is 0 Å². The van der Waals surface area contributed by atoms with Crippen molar-refractivity contribution >= 4 is 82.9 Å². The van der Waals surface area contributed by atoms with Gasteiger partial charge in [-0.3, -0.25) is 24.8 Å². The van der Waals surface area contributed by atoms with Crippen LogP contribution in [0.3, 0.4) is 0 Å². The molecule has 0 bridgehead atoms. The predicted molar refractivity (Wildman–Crippen MR) is 214 cm³/mol. The normalized spacial score (nSPS) is 12.7. The van der Waals surface area contributed by atoms with E-state index in [0.29, 0.717) is 67.2 Å². The third-order valence-electron chi connectivity index (χ3n) is 9.49. The molecule has 4 aromatic heterocycles. The van der Waals surface area contributed by atoms with E-state index in [1.165, 1.54) is 0 Å². The summed E-state index contributed by atoms with van der Waals surface area (Å²) >= 11 is 0. The van der Waals surface area contributed by atoms with Crippen LogP contribution in [0.1, 0.15) is 5.48 Å². The second-order valence-electron chi connectivity index (χ2n) is 12.7. The van der Waals surface area contributed by atoms with Crippen LogP contribution in [0.5, 0.6) is 0 Å². The van der Waals surface area contributed by atoms with Gasteiger partial charge in [0.1, 0.15) is 38.6 Å². The van der Waals surface area contributed by atoms with E-state index in [0.717, 1.165) is 21.9 Å². The van der Waals surface area contributed by atoms with E-state index < -0.39 is 0 Å². The first-order valence-electron chi connectivity index (χ1n) is 19.2. The minimum atomic E-state index is -0.0595. The molecule has 0 aliphatic heterocycles. The molecular weight excluding hydrogens is 669 g/mol. The zero-order chi connectivity index (χ0) is 39.1. The highest BCUT2D eigenvalue weighted by Gasteiger charge is 2.21. The van der Waals surface area contributed by atoms with Gasteiger partial charge in [-0.2, -0.15) is 0 Å². The monoisotopic (exact) mass is 698 g/mol. The predicted octanol–water partition coefficient (Wildman–Crippen LogP) is 10.8. The van der Waals surface area contributed by atoms with E-state index in [9.17, 15) is 5.48 Å². The number of hydrogen-bond acceptors (Lipinski definition) is 9. The minimum Gasteiger partial charge on any atom is -0.436 e. The molecule has 7 aromatic carbocycles. The van der Waals surface area contributed by atoms with Gasteiger partial charge in [-0.05, 0) is 87.2 Å². The van der Waals surface area contributed by atoms with Crippen molar-refractivity contribution in [2.24, 2.45) is 0 Å². The Morgan fingerprint density at radius 2 is 1.17 bits per heavy atom. The SMILES string of the molecule is [2H]c1cc(N(c2ccc3oc(-c4ccccc4)nc3c2)c2cnc3c4nccnc4c4nccnc4c3n2)c([2H])c2c([2H])cc(-c3ccc4ccccc4c3)c([2H])c12. The second kappa shape index (κ2) is 12.0. The van der Waals surface area contributed by atoms with E-state index in [1.54, 1.807) is 54.1 Å². The van der Waals surface area contributed by atoms with Crippen molar-refractivity contribution in [1.82, 2.24) is 34.9 Å². The number of fused-ring (bicyclic) bond motifs is 9. The maximum atomic E-state index is 9.72. The van der Waals surface area contributed by atoms with E-state index in [4.69, 9.17) is 19.4 Å². The van der Waals surface area contributed by atoms with Gasteiger partial charge in [-0.25, -0.2) is 15.0 Å². The fraction of sp³-hybridized carbons (Fsp3) is 0.